The number of esters is 1. The fourth-order valence-electron chi connectivity index (χ4n) is 5.38. The second-order valence-corrected chi connectivity index (χ2v) is 11.2. The van der Waals surface area contributed by atoms with Gasteiger partial charge in [-0.05, 0) is 59.2 Å². The first-order valence-corrected chi connectivity index (χ1v) is 13.4. The molecular formula is C28H47NO7. The zero-order valence-corrected chi connectivity index (χ0v) is 23.5. The first-order valence-electron chi connectivity index (χ1n) is 13.4. The van der Waals surface area contributed by atoms with E-state index in [2.05, 4.69) is 0 Å². The Bertz CT molecular complexity index is 797. The van der Waals surface area contributed by atoms with Gasteiger partial charge in [0.15, 0.2) is 17.9 Å². The first-order chi connectivity index (χ1) is 16.8. The van der Waals surface area contributed by atoms with E-state index in [9.17, 15) is 19.5 Å². The van der Waals surface area contributed by atoms with Crippen molar-refractivity contribution < 1.29 is 33.7 Å². The topological polar surface area (TPSA) is 102 Å². The van der Waals surface area contributed by atoms with E-state index in [4.69, 9.17) is 14.2 Å². The molecule has 0 aliphatic carbocycles. The summed E-state index contributed by atoms with van der Waals surface area (Å²) in [5.41, 5.74) is 0. The number of aliphatic hydroxyl groups excluding tert-OH is 1. The second-order valence-electron chi connectivity index (χ2n) is 11.2. The number of carbonyl (C=O) groups excluding carboxylic acids is 3. The van der Waals surface area contributed by atoms with Gasteiger partial charge in [-0.25, -0.2) is 0 Å². The van der Waals surface area contributed by atoms with Gasteiger partial charge in [-0.3, -0.25) is 14.4 Å². The van der Waals surface area contributed by atoms with E-state index in [0.717, 1.165) is 0 Å². The molecule has 8 nitrogen and oxygen atoms in total. The van der Waals surface area contributed by atoms with Gasteiger partial charge in [-0.2, -0.15) is 0 Å². The van der Waals surface area contributed by atoms with Gasteiger partial charge in [0, 0.05) is 23.8 Å². The van der Waals surface area contributed by atoms with E-state index in [1.165, 1.54) is 0 Å². The van der Waals surface area contributed by atoms with E-state index in [0.29, 0.717) is 19.3 Å². The molecule has 36 heavy (non-hydrogen) atoms. The van der Waals surface area contributed by atoms with Crippen LogP contribution < -0.4 is 0 Å². The average Bonchev–Trinajstić information content (AvgIpc) is 2.83. The lowest BCUT2D eigenvalue weighted by atomic mass is 9.80. The van der Waals surface area contributed by atoms with E-state index < -0.39 is 42.4 Å². The number of rotatable bonds is 4. The van der Waals surface area contributed by atoms with Crippen molar-refractivity contribution in [2.75, 3.05) is 14.1 Å². The van der Waals surface area contributed by atoms with Crippen LogP contribution in [0.4, 0.5) is 0 Å². The van der Waals surface area contributed by atoms with Crippen molar-refractivity contribution >= 4 is 17.5 Å². The number of allylic oxidation sites excluding steroid dienone is 1. The van der Waals surface area contributed by atoms with Gasteiger partial charge in [-0.15, -0.1) is 0 Å². The maximum atomic E-state index is 13.5. The molecule has 2 rings (SSSR count). The second kappa shape index (κ2) is 13.3. The van der Waals surface area contributed by atoms with Crippen molar-refractivity contribution in [2.45, 2.75) is 104 Å². The van der Waals surface area contributed by atoms with Crippen LogP contribution >= 0.6 is 0 Å². The molecular weight excluding hydrogens is 462 g/mol. The Balaban J connectivity index is 2.40. The molecule has 0 aromatic carbocycles. The van der Waals surface area contributed by atoms with Gasteiger partial charge in [0.1, 0.15) is 18.1 Å². The van der Waals surface area contributed by atoms with E-state index in [1.54, 1.807) is 26.0 Å². The summed E-state index contributed by atoms with van der Waals surface area (Å²) in [4.78, 5) is 41.2. The highest BCUT2D eigenvalue weighted by atomic mass is 16.7. The maximum Gasteiger partial charge on any atom is 0.316 e. The molecule has 8 heteroatoms. The van der Waals surface area contributed by atoms with E-state index in [-0.39, 0.29) is 41.5 Å². The van der Waals surface area contributed by atoms with E-state index >= 15 is 0 Å². The number of likely N-dealkylation sites (N-methyl/N-ethyl adjacent to an activating group) is 1. The fourth-order valence-corrected chi connectivity index (χ4v) is 5.38. The number of cyclic esters (lactones) is 1. The summed E-state index contributed by atoms with van der Waals surface area (Å²) in [6.45, 7) is 12.9. The summed E-state index contributed by atoms with van der Waals surface area (Å²) >= 11 is 0. The standard InChI is InChI=1S/C28H47NO7/c1-10-23-15(2)11-12-22(30)16(3)13-17(4)26(19(6)24(31)20(7)27(33)35-23)36-28-25(32)21(29(8)9)14-18(5)34-28/h11-12,15-21,23,25-26,28,32H,10,13-14H2,1-9H3/b12-11+/t15-,16-,17+,18+,19-,20-,21-,23-,25-,26+,28-/m1/s1. The molecule has 2 aliphatic heterocycles. The lowest BCUT2D eigenvalue weighted by Gasteiger charge is -2.43. The summed E-state index contributed by atoms with van der Waals surface area (Å²) in [5, 5.41) is 11.0. The Morgan fingerprint density at radius 2 is 1.69 bits per heavy atom. The van der Waals surface area contributed by atoms with Gasteiger partial charge in [0.25, 0.3) is 0 Å². The zero-order valence-electron chi connectivity index (χ0n) is 23.5. The number of Topliss-reactive ketones (excluding diaryl/α,β-unsaturated/α-hetero) is 1. The minimum Gasteiger partial charge on any atom is -0.461 e. The van der Waals surface area contributed by atoms with Crippen molar-refractivity contribution in [1.82, 2.24) is 4.90 Å². The van der Waals surface area contributed by atoms with Crippen molar-refractivity contribution in [1.29, 1.82) is 0 Å². The van der Waals surface area contributed by atoms with Crippen LogP contribution in [0.15, 0.2) is 12.2 Å². The van der Waals surface area contributed by atoms with Gasteiger partial charge in [0.2, 0.25) is 0 Å². The van der Waals surface area contributed by atoms with Crippen LogP contribution in [0, 0.1) is 29.6 Å². The summed E-state index contributed by atoms with van der Waals surface area (Å²) in [7, 11) is 3.80. The highest BCUT2D eigenvalue weighted by Crippen LogP contribution is 2.32. The molecule has 1 saturated heterocycles. The van der Waals surface area contributed by atoms with Crippen LogP contribution in [0.2, 0.25) is 0 Å². The van der Waals surface area contributed by atoms with Crippen molar-refractivity contribution in [3.05, 3.63) is 12.2 Å². The third-order valence-electron chi connectivity index (χ3n) is 7.88. The quantitative estimate of drug-likeness (QED) is 0.454. The summed E-state index contributed by atoms with van der Waals surface area (Å²) in [5.74, 6) is -3.16. The number of ether oxygens (including phenoxy) is 3. The molecule has 0 unspecified atom stereocenters. The molecule has 0 amide bonds. The molecule has 0 aromatic rings. The Morgan fingerprint density at radius 1 is 1.06 bits per heavy atom. The molecule has 2 heterocycles. The van der Waals surface area contributed by atoms with Gasteiger partial charge >= 0.3 is 5.97 Å². The van der Waals surface area contributed by atoms with Crippen molar-refractivity contribution in [2.24, 2.45) is 29.6 Å². The molecule has 0 radical (unpaired) electrons. The molecule has 2 aliphatic rings. The number of aliphatic hydroxyl groups is 1. The predicted molar refractivity (Wildman–Crippen MR) is 137 cm³/mol. The molecule has 0 aromatic heterocycles. The average molecular weight is 510 g/mol. The van der Waals surface area contributed by atoms with Crippen LogP contribution in [0.1, 0.15) is 67.7 Å². The zero-order chi connectivity index (χ0) is 27.3. The number of carbonyl (C=O) groups is 3. The van der Waals surface area contributed by atoms with Gasteiger partial charge in [0.05, 0.1) is 12.2 Å². The van der Waals surface area contributed by atoms with Crippen molar-refractivity contribution in [3.63, 3.8) is 0 Å². The molecule has 0 bridgehead atoms. The molecule has 1 fully saturated rings. The van der Waals surface area contributed by atoms with Crippen LogP contribution in [-0.2, 0) is 28.6 Å². The lowest BCUT2D eigenvalue weighted by molar-refractivity contribution is -0.278. The Kier molecular flexibility index (Phi) is 11.3. The first kappa shape index (κ1) is 30.6. The van der Waals surface area contributed by atoms with Gasteiger partial charge < -0.3 is 24.2 Å². The molecule has 206 valence electrons. The smallest absolute Gasteiger partial charge is 0.316 e. The molecule has 0 spiro atoms. The molecule has 0 saturated carbocycles. The van der Waals surface area contributed by atoms with Crippen LogP contribution in [0.25, 0.3) is 0 Å². The highest BCUT2D eigenvalue weighted by molar-refractivity contribution is 6.00. The number of nitrogens with zero attached hydrogens (tertiary/aromatic N) is 1. The number of hydrogen-bond donors (Lipinski definition) is 1. The van der Waals surface area contributed by atoms with Gasteiger partial charge in [-0.1, -0.05) is 40.7 Å². The van der Waals surface area contributed by atoms with Crippen molar-refractivity contribution in [3.8, 4) is 0 Å². The summed E-state index contributed by atoms with van der Waals surface area (Å²) < 4.78 is 18.1. The maximum absolute atomic E-state index is 13.5. The Labute approximate surface area is 216 Å². The number of ketones is 2. The number of hydrogen-bond acceptors (Lipinski definition) is 8. The highest BCUT2D eigenvalue weighted by Gasteiger charge is 2.43. The summed E-state index contributed by atoms with van der Waals surface area (Å²) in [6, 6.07) is -0.161. The molecule has 11 atom stereocenters. The van der Waals surface area contributed by atoms with Crippen LogP contribution in [0.3, 0.4) is 0 Å². The van der Waals surface area contributed by atoms with Crippen LogP contribution in [-0.4, -0.2) is 78.4 Å². The predicted octanol–water partition coefficient (Wildman–Crippen LogP) is 3.40. The third kappa shape index (κ3) is 7.46. The van der Waals surface area contributed by atoms with Crippen LogP contribution in [0.5, 0.6) is 0 Å². The Morgan fingerprint density at radius 3 is 2.28 bits per heavy atom. The largest absolute Gasteiger partial charge is 0.461 e. The normalized spacial score (nSPS) is 42.6. The minimum absolute atomic E-state index is 0.0201. The third-order valence-corrected chi connectivity index (χ3v) is 7.88. The minimum atomic E-state index is -0.962. The van der Waals surface area contributed by atoms with E-state index in [1.807, 2.05) is 53.6 Å². The lowest BCUT2D eigenvalue weighted by Crippen LogP contribution is -2.56. The molecule has 1 N–H and O–H groups in total. The summed E-state index contributed by atoms with van der Waals surface area (Å²) in [6.07, 6.45) is 2.02. The SMILES string of the molecule is CC[C@H]1OC(=O)[C@H](C)C(=O)[C@@H](C)[C@@H](O[C@H]2O[C@@H](C)C[C@@H](N(C)C)[C@H]2O)[C@@H](C)C[C@@H](C)C(=O)/C=C/[C@H]1C. The monoisotopic (exact) mass is 509 g/mol. The fraction of sp³-hybridized carbons (Fsp3) is 0.821. The Hall–Kier alpha value is -1.61.